The third-order valence-electron chi connectivity index (χ3n) is 3.94. The Morgan fingerprint density at radius 2 is 1.95 bits per heavy atom. The molecule has 22 heavy (non-hydrogen) atoms. The van der Waals surface area contributed by atoms with Crippen molar-refractivity contribution in [2.75, 3.05) is 5.32 Å². The van der Waals surface area contributed by atoms with Gasteiger partial charge in [0.25, 0.3) is 5.91 Å². The fourth-order valence-corrected chi connectivity index (χ4v) is 2.46. The number of fused-ring (bicyclic) bond motifs is 1. The first-order valence-electron chi connectivity index (χ1n) is 7.17. The molecular formula is C17H18N4O. The van der Waals surface area contributed by atoms with E-state index in [1.165, 1.54) is 0 Å². The molecule has 0 radical (unpaired) electrons. The molecule has 0 saturated carbocycles. The molecule has 0 fully saturated rings. The van der Waals surface area contributed by atoms with E-state index in [2.05, 4.69) is 15.4 Å². The van der Waals surface area contributed by atoms with Gasteiger partial charge in [-0.05, 0) is 44.9 Å². The average molecular weight is 294 g/mol. The first-order valence-corrected chi connectivity index (χ1v) is 7.17. The van der Waals surface area contributed by atoms with Crippen LogP contribution in [0, 0.1) is 27.7 Å². The molecule has 0 saturated heterocycles. The predicted molar refractivity (Wildman–Crippen MR) is 86.3 cm³/mol. The number of hydrogen-bond donors (Lipinski definition) is 1. The lowest BCUT2D eigenvalue weighted by Crippen LogP contribution is -2.16. The van der Waals surface area contributed by atoms with Gasteiger partial charge in [-0.15, -0.1) is 0 Å². The average Bonchev–Trinajstić information content (AvgIpc) is 2.85. The first kappa shape index (κ1) is 14.3. The maximum absolute atomic E-state index is 12.6. The fraction of sp³-hybridized carbons (Fsp3) is 0.235. The number of hydrogen-bond acceptors (Lipinski definition) is 3. The maximum Gasteiger partial charge on any atom is 0.259 e. The number of nitrogens with one attached hydrogen (secondary N) is 1. The monoisotopic (exact) mass is 294 g/mol. The molecule has 0 spiro atoms. The summed E-state index contributed by atoms with van der Waals surface area (Å²) in [5.41, 5.74) is 5.96. The third-order valence-corrected chi connectivity index (χ3v) is 3.94. The van der Waals surface area contributed by atoms with Crippen LogP contribution in [-0.4, -0.2) is 20.5 Å². The molecule has 0 bridgehead atoms. The van der Waals surface area contributed by atoms with Crippen LogP contribution in [0.15, 0.2) is 30.5 Å². The van der Waals surface area contributed by atoms with Crippen LogP contribution < -0.4 is 5.32 Å². The number of anilines is 1. The van der Waals surface area contributed by atoms with E-state index in [1.54, 1.807) is 10.7 Å². The molecule has 2 aromatic heterocycles. The quantitative estimate of drug-likeness (QED) is 0.789. The SMILES string of the molecule is Cc1cc2ncc(C(=O)Nc3cccc(C)c3C)c(C)n2n1. The lowest BCUT2D eigenvalue weighted by atomic mass is 10.1. The molecule has 1 amide bonds. The highest BCUT2D eigenvalue weighted by Gasteiger charge is 2.15. The lowest BCUT2D eigenvalue weighted by molar-refractivity contribution is 0.102. The second-order valence-electron chi connectivity index (χ2n) is 5.51. The van der Waals surface area contributed by atoms with Gasteiger partial charge in [0.1, 0.15) is 0 Å². The van der Waals surface area contributed by atoms with Crippen molar-refractivity contribution >= 4 is 17.2 Å². The first-order chi connectivity index (χ1) is 10.5. The van der Waals surface area contributed by atoms with Crippen molar-refractivity contribution in [1.29, 1.82) is 0 Å². The fourth-order valence-electron chi connectivity index (χ4n) is 2.46. The second kappa shape index (κ2) is 5.26. The standard InChI is InChI=1S/C17H18N4O/c1-10-6-5-7-15(12(10)3)19-17(22)14-9-18-16-8-11(2)20-21(16)13(14)4/h5-9H,1-4H3,(H,19,22). The van der Waals surface area contributed by atoms with Crippen molar-refractivity contribution in [2.45, 2.75) is 27.7 Å². The molecule has 5 nitrogen and oxygen atoms in total. The number of benzene rings is 1. The van der Waals surface area contributed by atoms with Crippen molar-refractivity contribution in [2.24, 2.45) is 0 Å². The minimum absolute atomic E-state index is 0.172. The topological polar surface area (TPSA) is 59.3 Å². The highest BCUT2D eigenvalue weighted by atomic mass is 16.1. The molecule has 0 atom stereocenters. The molecule has 2 heterocycles. The van der Waals surface area contributed by atoms with E-state index in [1.807, 2.05) is 52.0 Å². The summed E-state index contributed by atoms with van der Waals surface area (Å²) in [6.07, 6.45) is 1.60. The highest BCUT2D eigenvalue weighted by molar-refractivity contribution is 6.05. The van der Waals surface area contributed by atoms with Gasteiger partial charge in [0.15, 0.2) is 5.65 Å². The van der Waals surface area contributed by atoms with Gasteiger partial charge >= 0.3 is 0 Å². The van der Waals surface area contributed by atoms with Crippen LogP contribution in [0.25, 0.3) is 5.65 Å². The van der Waals surface area contributed by atoms with Gasteiger partial charge in [-0.3, -0.25) is 4.79 Å². The van der Waals surface area contributed by atoms with Crippen LogP contribution in [0.2, 0.25) is 0 Å². The van der Waals surface area contributed by atoms with E-state index >= 15 is 0 Å². The Hall–Kier alpha value is -2.69. The van der Waals surface area contributed by atoms with E-state index in [0.29, 0.717) is 5.56 Å². The van der Waals surface area contributed by atoms with Gasteiger partial charge < -0.3 is 5.32 Å². The zero-order chi connectivity index (χ0) is 15.9. The van der Waals surface area contributed by atoms with Crippen LogP contribution in [-0.2, 0) is 0 Å². The Morgan fingerprint density at radius 1 is 1.18 bits per heavy atom. The molecule has 0 unspecified atom stereocenters. The summed E-state index contributed by atoms with van der Waals surface area (Å²) in [7, 11) is 0. The summed E-state index contributed by atoms with van der Waals surface area (Å²) in [6, 6.07) is 7.75. The number of amides is 1. The Kier molecular flexibility index (Phi) is 3.41. The van der Waals surface area contributed by atoms with Gasteiger partial charge in [0, 0.05) is 18.0 Å². The summed E-state index contributed by atoms with van der Waals surface area (Å²) >= 11 is 0. The maximum atomic E-state index is 12.6. The zero-order valence-corrected chi connectivity index (χ0v) is 13.1. The summed E-state index contributed by atoms with van der Waals surface area (Å²) < 4.78 is 1.70. The number of aryl methyl sites for hydroxylation is 3. The Labute approximate surface area is 129 Å². The van der Waals surface area contributed by atoms with Crippen molar-refractivity contribution in [1.82, 2.24) is 14.6 Å². The summed E-state index contributed by atoms with van der Waals surface area (Å²) in [4.78, 5) is 16.9. The minimum Gasteiger partial charge on any atom is -0.322 e. The summed E-state index contributed by atoms with van der Waals surface area (Å²) in [5, 5.41) is 7.33. The van der Waals surface area contributed by atoms with Gasteiger partial charge in [0.05, 0.1) is 17.0 Å². The van der Waals surface area contributed by atoms with Crippen LogP contribution in [0.1, 0.15) is 32.9 Å². The molecule has 3 rings (SSSR count). The largest absolute Gasteiger partial charge is 0.322 e. The van der Waals surface area contributed by atoms with Gasteiger partial charge in [-0.25, -0.2) is 9.50 Å². The molecule has 1 aromatic carbocycles. The molecule has 112 valence electrons. The Balaban J connectivity index is 1.98. The smallest absolute Gasteiger partial charge is 0.259 e. The Bertz CT molecular complexity index is 880. The van der Waals surface area contributed by atoms with Gasteiger partial charge in [-0.2, -0.15) is 5.10 Å². The number of carbonyl (C=O) groups is 1. The molecular weight excluding hydrogens is 276 g/mol. The van der Waals surface area contributed by atoms with Crippen molar-refractivity contribution in [3.8, 4) is 0 Å². The molecule has 3 aromatic rings. The molecule has 1 N–H and O–H groups in total. The van der Waals surface area contributed by atoms with E-state index in [9.17, 15) is 4.79 Å². The van der Waals surface area contributed by atoms with Crippen LogP contribution in [0.5, 0.6) is 0 Å². The van der Waals surface area contributed by atoms with Crippen LogP contribution in [0.3, 0.4) is 0 Å². The van der Waals surface area contributed by atoms with Gasteiger partial charge in [0.2, 0.25) is 0 Å². The van der Waals surface area contributed by atoms with Crippen molar-refractivity contribution in [3.05, 3.63) is 58.5 Å². The number of carbonyl (C=O) groups excluding carboxylic acids is 1. The normalized spacial score (nSPS) is 10.9. The molecule has 5 heteroatoms. The van der Waals surface area contributed by atoms with E-state index in [-0.39, 0.29) is 5.91 Å². The van der Waals surface area contributed by atoms with E-state index < -0.39 is 0 Å². The second-order valence-corrected chi connectivity index (χ2v) is 5.51. The van der Waals surface area contributed by atoms with Crippen LogP contribution in [0.4, 0.5) is 5.69 Å². The van der Waals surface area contributed by atoms with Gasteiger partial charge in [-0.1, -0.05) is 12.1 Å². The van der Waals surface area contributed by atoms with E-state index in [0.717, 1.165) is 33.8 Å². The lowest BCUT2D eigenvalue weighted by Gasteiger charge is -2.12. The Morgan fingerprint density at radius 3 is 2.73 bits per heavy atom. The summed E-state index contributed by atoms with van der Waals surface area (Å²) in [6.45, 7) is 7.80. The van der Waals surface area contributed by atoms with Crippen molar-refractivity contribution in [3.63, 3.8) is 0 Å². The number of nitrogens with zero attached hydrogens (tertiary/aromatic N) is 3. The highest BCUT2D eigenvalue weighted by Crippen LogP contribution is 2.19. The van der Waals surface area contributed by atoms with E-state index in [4.69, 9.17) is 0 Å². The molecule has 0 aliphatic carbocycles. The molecule has 0 aliphatic heterocycles. The predicted octanol–water partition coefficient (Wildman–Crippen LogP) is 3.22. The van der Waals surface area contributed by atoms with Crippen molar-refractivity contribution < 1.29 is 4.79 Å². The summed E-state index contributed by atoms with van der Waals surface area (Å²) in [5.74, 6) is -0.172. The zero-order valence-electron chi connectivity index (χ0n) is 13.1. The minimum atomic E-state index is -0.172. The molecule has 0 aliphatic rings. The third kappa shape index (κ3) is 2.35. The van der Waals surface area contributed by atoms with Crippen LogP contribution >= 0.6 is 0 Å². The number of rotatable bonds is 2. The number of aromatic nitrogens is 3.